The van der Waals surface area contributed by atoms with E-state index in [9.17, 15) is 19.6 Å². The first-order valence-corrected chi connectivity index (χ1v) is 13.6. The van der Waals surface area contributed by atoms with Crippen molar-refractivity contribution in [2.24, 2.45) is 50.7 Å². The van der Waals surface area contributed by atoms with Crippen molar-refractivity contribution in [1.82, 2.24) is 0 Å². The van der Waals surface area contributed by atoms with Gasteiger partial charge in [0.05, 0.1) is 5.57 Å². The minimum absolute atomic E-state index is 0.0567. The number of ketones is 3. The first kappa shape index (κ1) is 24.7. The molecule has 0 spiro atoms. The van der Waals surface area contributed by atoms with Crippen molar-refractivity contribution in [3.05, 3.63) is 23.3 Å². The van der Waals surface area contributed by atoms with Gasteiger partial charge in [0, 0.05) is 22.7 Å². The van der Waals surface area contributed by atoms with Crippen molar-refractivity contribution in [1.29, 1.82) is 5.26 Å². The Morgan fingerprint density at radius 2 is 1.66 bits per heavy atom. The summed E-state index contributed by atoms with van der Waals surface area (Å²) >= 11 is 0. The third-order valence-corrected chi connectivity index (χ3v) is 12.2. The lowest BCUT2D eigenvalue weighted by atomic mass is 9.34. The van der Waals surface area contributed by atoms with E-state index in [2.05, 4.69) is 40.7 Å². The molecule has 0 aromatic rings. The second-order valence-corrected chi connectivity index (χ2v) is 14.1. The number of nitriles is 1. The first-order valence-electron chi connectivity index (χ1n) is 13.6. The molecule has 5 aliphatic carbocycles. The summed E-state index contributed by atoms with van der Waals surface area (Å²) in [5.41, 5.74) is 0.189. The number of carbonyl (C=O) groups is 3. The van der Waals surface area contributed by atoms with Gasteiger partial charge in [0.15, 0.2) is 11.6 Å². The molecule has 0 radical (unpaired) electrons. The van der Waals surface area contributed by atoms with Crippen LogP contribution in [0.4, 0.5) is 0 Å². The highest BCUT2D eigenvalue weighted by Gasteiger charge is 2.69. The van der Waals surface area contributed by atoms with E-state index in [0.717, 1.165) is 50.5 Å². The molecule has 0 aromatic heterocycles. The molecule has 0 N–H and O–H groups in total. The molecule has 0 heterocycles. The monoisotopic (exact) mass is 475 g/mol. The molecule has 5 aliphatic rings. The summed E-state index contributed by atoms with van der Waals surface area (Å²) in [4.78, 5) is 40.3. The number of Topliss-reactive ketones (excluding diaryl/α,β-unsaturated/α-hetero) is 2. The number of fused-ring (bicyclic) bond motifs is 7. The molecule has 8 atom stereocenters. The minimum Gasteiger partial charge on any atom is -0.299 e. The molecule has 0 saturated heterocycles. The second kappa shape index (κ2) is 7.27. The molecule has 0 amide bonds. The van der Waals surface area contributed by atoms with Crippen LogP contribution in [0.15, 0.2) is 23.3 Å². The zero-order valence-electron chi connectivity index (χ0n) is 22.6. The topological polar surface area (TPSA) is 75.0 Å². The van der Waals surface area contributed by atoms with Crippen LogP contribution in [0.3, 0.4) is 0 Å². The van der Waals surface area contributed by atoms with Crippen LogP contribution in [-0.2, 0) is 14.4 Å². The van der Waals surface area contributed by atoms with Crippen LogP contribution in [-0.4, -0.2) is 17.3 Å². The van der Waals surface area contributed by atoms with E-state index in [4.69, 9.17) is 0 Å². The van der Waals surface area contributed by atoms with Crippen LogP contribution in [0.5, 0.6) is 0 Å². The van der Waals surface area contributed by atoms with Crippen LogP contribution in [0.25, 0.3) is 0 Å². The van der Waals surface area contributed by atoms with Gasteiger partial charge < -0.3 is 0 Å². The molecule has 188 valence electrons. The van der Waals surface area contributed by atoms with Gasteiger partial charge >= 0.3 is 0 Å². The van der Waals surface area contributed by atoms with Crippen molar-refractivity contribution >= 4 is 17.3 Å². The molecule has 35 heavy (non-hydrogen) atoms. The number of nitrogens with zero attached hydrogens (tertiary/aromatic N) is 1. The Labute approximate surface area is 210 Å². The van der Waals surface area contributed by atoms with Gasteiger partial charge in [0.1, 0.15) is 11.9 Å². The third kappa shape index (κ3) is 2.93. The van der Waals surface area contributed by atoms with Crippen molar-refractivity contribution in [2.75, 3.05) is 0 Å². The van der Waals surface area contributed by atoms with Crippen molar-refractivity contribution in [2.45, 2.75) is 93.4 Å². The fourth-order valence-electron chi connectivity index (χ4n) is 9.87. The maximum atomic E-state index is 14.2. The van der Waals surface area contributed by atoms with Crippen LogP contribution >= 0.6 is 0 Å². The lowest BCUT2D eigenvalue weighted by molar-refractivity contribution is -0.175. The Hall–Kier alpha value is -2.02. The molecule has 4 nitrogen and oxygen atoms in total. The van der Waals surface area contributed by atoms with Gasteiger partial charge in [-0.3, -0.25) is 14.4 Å². The summed E-state index contributed by atoms with van der Waals surface area (Å²) in [6, 6.07) is 2.15. The van der Waals surface area contributed by atoms with Gasteiger partial charge in [-0.05, 0) is 86.0 Å². The Balaban J connectivity index is 1.70. The van der Waals surface area contributed by atoms with Crippen molar-refractivity contribution in [3.63, 3.8) is 0 Å². The number of allylic oxidation sites excluding steroid dienone is 4. The SMILES string of the molecule is CC(=O)[C@]12CCC(C)(C)CC1C1C(=O)C=C3[C@@]4(C)C=C(C#N)C(=O)[C@@H](C)C4CC[C@@]3(C)[C@]1(C)CC2. The zero-order valence-corrected chi connectivity index (χ0v) is 22.6. The molecule has 3 unspecified atom stereocenters. The quantitative estimate of drug-likeness (QED) is 0.439. The third-order valence-electron chi connectivity index (χ3n) is 12.2. The van der Waals surface area contributed by atoms with E-state index in [-0.39, 0.29) is 68.3 Å². The van der Waals surface area contributed by atoms with E-state index in [0.29, 0.717) is 0 Å². The Morgan fingerprint density at radius 1 is 1.00 bits per heavy atom. The lowest BCUT2D eigenvalue weighted by Crippen LogP contribution is -2.65. The van der Waals surface area contributed by atoms with Gasteiger partial charge in [-0.15, -0.1) is 0 Å². The molecule has 0 aliphatic heterocycles. The minimum atomic E-state index is -0.476. The number of hydrogen-bond donors (Lipinski definition) is 0. The predicted molar refractivity (Wildman–Crippen MR) is 135 cm³/mol. The average molecular weight is 476 g/mol. The predicted octanol–water partition coefficient (Wildman–Crippen LogP) is 6.40. The molecule has 0 bridgehead atoms. The standard InChI is InChI=1S/C31H41NO3/c1-18-21-8-9-29(6)24(28(21,5)15-20(17-32)26(18)35)14-23(34)25-22-16-27(3,4)10-12-31(22,19(2)33)13-11-30(25,29)7/h14-15,18,21-22,25H,8-13,16H2,1-7H3/t18-,21?,22?,25?,28-,29+,30+,31+/m0/s1. The molecular formula is C31H41NO3. The normalized spacial score (nSPS) is 48.3. The summed E-state index contributed by atoms with van der Waals surface area (Å²) in [5.74, 6) is 0.187. The molecule has 3 fully saturated rings. The number of carbonyl (C=O) groups excluding carboxylic acids is 3. The van der Waals surface area contributed by atoms with Gasteiger partial charge in [-0.25, -0.2) is 0 Å². The molecule has 4 heteroatoms. The van der Waals surface area contributed by atoms with Gasteiger partial charge in [-0.2, -0.15) is 5.26 Å². The van der Waals surface area contributed by atoms with Crippen molar-refractivity contribution < 1.29 is 14.4 Å². The Bertz CT molecular complexity index is 1140. The maximum Gasteiger partial charge on any atom is 0.176 e. The highest BCUT2D eigenvalue weighted by molar-refractivity contribution is 6.02. The zero-order chi connectivity index (χ0) is 25.8. The highest BCUT2D eigenvalue weighted by atomic mass is 16.1. The van der Waals surface area contributed by atoms with E-state index >= 15 is 0 Å². The number of rotatable bonds is 1. The van der Waals surface area contributed by atoms with E-state index < -0.39 is 5.41 Å². The van der Waals surface area contributed by atoms with Gasteiger partial charge in [-0.1, -0.05) is 53.2 Å². The number of hydrogen-bond acceptors (Lipinski definition) is 4. The summed E-state index contributed by atoms with van der Waals surface area (Å²) in [6.45, 7) is 15.1. The summed E-state index contributed by atoms with van der Waals surface area (Å²) in [7, 11) is 0. The van der Waals surface area contributed by atoms with E-state index in [1.165, 1.54) is 0 Å². The van der Waals surface area contributed by atoms with Gasteiger partial charge in [0.25, 0.3) is 0 Å². The summed E-state index contributed by atoms with van der Waals surface area (Å²) in [5, 5.41) is 9.74. The molecular weight excluding hydrogens is 434 g/mol. The van der Waals surface area contributed by atoms with Crippen LogP contribution in [0.1, 0.15) is 93.4 Å². The Morgan fingerprint density at radius 3 is 2.29 bits per heavy atom. The smallest absolute Gasteiger partial charge is 0.176 e. The van der Waals surface area contributed by atoms with Crippen LogP contribution in [0, 0.1) is 62.1 Å². The molecule has 3 saturated carbocycles. The van der Waals surface area contributed by atoms with Crippen molar-refractivity contribution in [3.8, 4) is 6.07 Å². The summed E-state index contributed by atoms with van der Waals surface area (Å²) < 4.78 is 0. The van der Waals surface area contributed by atoms with E-state index in [1.54, 1.807) is 6.92 Å². The van der Waals surface area contributed by atoms with E-state index in [1.807, 2.05) is 19.1 Å². The molecule has 0 aromatic carbocycles. The summed E-state index contributed by atoms with van der Waals surface area (Å²) in [6.07, 6.45) is 10.2. The van der Waals surface area contributed by atoms with Crippen LogP contribution < -0.4 is 0 Å². The maximum absolute atomic E-state index is 14.2. The second-order valence-electron chi connectivity index (χ2n) is 14.1. The largest absolute Gasteiger partial charge is 0.299 e. The lowest BCUT2D eigenvalue weighted by Gasteiger charge is -2.68. The average Bonchev–Trinajstić information content (AvgIpc) is 2.77. The first-order chi connectivity index (χ1) is 16.2. The van der Waals surface area contributed by atoms with Gasteiger partial charge in [0.2, 0.25) is 0 Å². The fourth-order valence-corrected chi connectivity index (χ4v) is 9.87. The highest BCUT2D eigenvalue weighted by Crippen LogP contribution is 2.73. The molecule has 5 rings (SSSR count). The van der Waals surface area contributed by atoms with Crippen LogP contribution in [0.2, 0.25) is 0 Å². The Kier molecular flexibility index (Phi) is 5.12. The fraction of sp³-hybridized carbons (Fsp3) is 0.742.